The number of benzene rings is 2. The number of carbonyl (C=O) groups is 11. The third-order valence-electron chi connectivity index (χ3n) is 17.4. The molecule has 11 amide bonds. The molecular weight excluding hydrogens is 1200 g/mol. The highest BCUT2D eigenvalue weighted by Crippen LogP contribution is 2.34. The summed E-state index contributed by atoms with van der Waals surface area (Å²) in [4.78, 5) is 167. The smallest absolute Gasteiger partial charge is 0.354 e. The zero-order chi connectivity index (χ0) is 68.6. The van der Waals surface area contributed by atoms with Gasteiger partial charge in [0.25, 0.3) is 0 Å². The van der Waals surface area contributed by atoms with Crippen LogP contribution in [0, 0.1) is 23.7 Å². The van der Waals surface area contributed by atoms with Crippen LogP contribution in [0.4, 0.5) is 13.2 Å². The molecule has 0 radical (unpaired) electrons. The Kier molecular flexibility index (Phi) is 28.3. The van der Waals surface area contributed by atoms with E-state index < -0.39 is 150 Å². The van der Waals surface area contributed by atoms with Crippen molar-refractivity contribution in [2.75, 3.05) is 75.5 Å². The van der Waals surface area contributed by atoms with Crippen LogP contribution in [0.2, 0.25) is 5.02 Å². The topological polar surface area (TPSA) is 259 Å². The van der Waals surface area contributed by atoms with E-state index in [1.54, 1.807) is 45.0 Å². The highest BCUT2D eigenvalue weighted by atomic mass is 35.5. The van der Waals surface area contributed by atoms with Crippen molar-refractivity contribution >= 4 is 76.6 Å². The van der Waals surface area contributed by atoms with Gasteiger partial charge in [0.2, 0.25) is 65.0 Å². The summed E-state index contributed by atoms with van der Waals surface area (Å²) in [6.45, 7) is 12.5. The van der Waals surface area contributed by atoms with Crippen LogP contribution in [0.15, 0.2) is 48.5 Å². The summed E-state index contributed by atoms with van der Waals surface area (Å²) in [7, 11) is 9.67. The van der Waals surface area contributed by atoms with Gasteiger partial charge in [-0.2, -0.15) is 13.2 Å². The summed E-state index contributed by atoms with van der Waals surface area (Å²) in [5, 5.41) is 11.8. The van der Waals surface area contributed by atoms with E-state index in [4.69, 9.17) is 11.6 Å². The molecule has 1 spiro atoms. The van der Waals surface area contributed by atoms with E-state index in [1.807, 2.05) is 34.6 Å². The lowest BCUT2D eigenvalue weighted by atomic mass is 9.91. The van der Waals surface area contributed by atoms with E-state index in [9.17, 15) is 56.3 Å². The number of hydrogen-bond acceptors (Lipinski definition) is 11. The molecule has 4 N–H and O–H groups in total. The Bertz CT molecular complexity index is 2890. The first-order chi connectivity index (χ1) is 42.4. The van der Waals surface area contributed by atoms with Gasteiger partial charge in [-0.25, -0.2) is 0 Å². The average molecular weight is 1300 g/mol. The van der Waals surface area contributed by atoms with Gasteiger partial charge in [0.1, 0.15) is 41.8 Å². The zero-order valence-corrected chi connectivity index (χ0v) is 56.4. The monoisotopic (exact) mass is 1300 g/mol. The van der Waals surface area contributed by atoms with Gasteiger partial charge in [0, 0.05) is 73.7 Å². The SMILES string of the molecule is CC[C@H](C)[C@@H]1NC(=O)[C@H](C(C)C)N(C)C(=O)CCNC(=O)[C@H](CC(C)C)N(C)C(=O)C2(CCCC2)NC(=O)[C@@H](CC(C)C)N(C)C(=O)[C@H](CCc2ccc(C(F)(F)F)cc2)NC(=O)CN(C)C(=O)[C@H](Cc2ccc(Cl)cc2)N(C)C(=O)CN(C)C(=O)CN(C)C1=O. The minimum absolute atomic E-state index is 0.0318. The van der Waals surface area contributed by atoms with E-state index in [1.165, 1.54) is 76.2 Å². The number of carbonyl (C=O) groups excluding carboxylic acids is 11. The molecule has 1 saturated heterocycles. The van der Waals surface area contributed by atoms with Gasteiger partial charge in [0.15, 0.2) is 0 Å². The molecule has 0 bridgehead atoms. The summed E-state index contributed by atoms with van der Waals surface area (Å²) >= 11 is 6.21. The van der Waals surface area contributed by atoms with Crippen LogP contribution in [0.5, 0.6) is 0 Å². The van der Waals surface area contributed by atoms with E-state index in [2.05, 4.69) is 21.3 Å². The van der Waals surface area contributed by atoms with Crippen LogP contribution in [-0.4, -0.2) is 217 Å². The van der Waals surface area contributed by atoms with Crippen LogP contribution in [0.25, 0.3) is 0 Å². The molecule has 2 aromatic rings. The number of likely N-dealkylation sites (N-methyl/N-ethyl adjacent to an activating group) is 7. The van der Waals surface area contributed by atoms with Crippen molar-refractivity contribution in [1.29, 1.82) is 0 Å². The fourth-order valence-electron chi connectivity index (χ4n) is 11.6. The Morgan fingerprint density at radius 3 is 1.66 bits per heavy atom. The highest BCUT2D eigenvalue weighted by molar-refractivity contribution is 6.30. The molecule has 1 saturated carbocycles. The summed E-state index contributed by atoms with van der Waals surface area (Å²) in [5.74, 6) is -8.61. The second-order valence-corrected chi connectivity index (χ2v) is 26.3. The molecule has 2 aliphatic rings. The molecule has 2 fully saturated rings. The highest BCUT2D eigenvalue weighted by Gasteiger charge is 2.48. The molecule has 91 heavy (non-hydrogen) atoms. The number of hydrogen-bond donors (Lipinski definition) is 4. The first kappa shape index (κ1) is 76.1. The van der Waals surface area contributed by atoms with Gasteiger partial charge in [0.05, 0.1) is 25.2 Å². The van der Waals surface area contributed by atoms with Crippen molar-refractivity contribution in [3.63, 3.8) is 0 Å². The van der Waals surface area contributed by atoms with Crippen molar-refractivity contribution in [3.05, 3.63) is 70.2 Å². The Hall–Kier alpha value is -7.31. The minimum atomic E-state index is -4.63. The summed E-state index contributed by atoms with van der Waals surface area (Å²) in [5.41, 5.74) is -1.47. The van der Waals surface area contributed by atoms with Crippen molar-refractivity contribution in [2.24, 2.45) is 23.7 Å². The standard InChI is InChI=1S/C65H97ClF3N11O11/c1-16-42(8)55-62(90)76(11)37-53(83)74(9)38-54(84)77(12)50(35-44-21-26-46(66)27-22-44)61(89)75(10)36-51(81)71-47(28-23-43-19-24-45(25-20-43)65(67,68)69)60(88)78(13)49(34-40(4)5)58(86)73-64(30-17-18-31-64)63(91)79(14)48(33-39(2)3)57(85)70-32-29-52(82)80(15)56(41(6)7)59(87)72-55/h19-22,24-27,39-42,47-50,55-56H,16-18,23,28-38H2,1-15H3,(H,70,85)(H,71,81)(H,72,87)(H,73,86)/t42-,47-,48-,49+,50-,55-,56-/m0/s1. The molecule has 0 aromatic heterocycles. The lowest BCUT2D eigenvalue weighted by molar-refractivity contribution is -0.149. The van der Waals surface area contributed by atoms with Crippen LogP contribution in [0.1, 0.15) is 130 Å². The van der Waals surface area contributed by atoms with E-state index in [-0.39, 0.29) is 69.7 Å². The van der Waals surface area contributed by atoms with Gasteiger partial charge >= 0.3 is 6.18 Å². The number of rotatable bonds is 12. The van der Waals surface area contributed by atoms with Gasteiger partial charge in [-0.15, -0.1) is 0 Å². The number of amides is 11. The Morgan fingerprint density at radius 1 is 0.582 bits per heavy atom. The third-order valence-corrected chi connectivity index (χ3v) is 17.6. The fraction of sp³-hybridized carbons (Fsp3) is 0.646. The first-order valence-electron chi connectivity index (χ1n) is 31.3. The van der Waals surface area contributed by atoms with Gasteiger partial charge in [-0.05, 0) is 97.6 Å². The molecule has 7 atom stereocenters. The first-order valence-corrected chi connectivity index (χ1v) is 31.7. The zero-order valence-electron chi connectivity index (χ0n) is 55.6. The van der Waals surface area contributed by atoms with Crippen molar-refractivity contribution in [1.82, 2.24) is 55.6 Å². The van der Waals surface area contributed by atoms with E-state index in [0.717, 1.165) is 31.7 Å². The molecule has 506 valence electrons. The molecule has 1 aliphatic heterocycles. The van der Waals surface area contributed by atoms with E-state index in [0.29, 0.717) is 35.4 Å². The Balaban J connectivity index is 1.84. The molecule has 0 unspecified atom stereocenters. The Labute approximate surface area is 539 Å². The predicted octanol–water partition coefficient (Wildman–Crippen LogP) is 4.93. The minimum Gasteiger partial charge on any atom is -0.354 e. The van der Waals surface area contributed by atoms with Crippen molar-refractivity contribution in [2.45, 2.75) is 174 Å². The molecular formula is C65H97ClF3N11O11. The second kappa shape index (κ2) is 33.8. The van der Waals surface area contributed by atoms with Gasteiger partial charge in [-0.3, -0.25) is 52.7 Å². The number of nitrogens with zero attached hydrogens (tertiary/aromatic N) is 7. The number of halogens is 4. The van der Waals surface area contributed by atoms with E-state index >= 15 is 9.59 Å². The lowest BCUT2D eigenvalue weighted by Crippen LogP contribution is -2.64. The Morgan fingerprint density at radius 2 is 1.12 bits per heavy atom. The predicted molar refractivity (Wildman–Crippen MR) is 338 cm³/mol. The quantitative estimate of drug-likeness (QED) is 0.222. The molecule has 22 nitrogen and oxygen atoms in total. The van der Waals surface area contributed by atoms with Crippen LogP contribution in [-0.2, 0) is 71.8 Å². The maximum Gasteiger partial charge on any atom is 0.416 e. The molecule has 1 heterocycles. The maximum absolute atomic E-state index is 15.1. The van der Waals surface area contributed by atoms with Crippen LogP contribution in [0.3, 0.4) is 0 Å². The maximum atomic E-state index is 15.1. The fourth-order valence-corrected chi connectivity index (χ4v) is 11.7. The van der Waals surface area contributed by atoms with Crippen LogP contribution < -0.4 is 21.3 Å². The second-order valence-electron chi connectivity index (χ2n) is 25.9. The number of aryl methyl sites for hydroxylation is 1. The summed E-state index contributed by atoms with van der Waals surface area (Å²) in [6, 6.07) is 3.44. The molecule has 2 aromatic carbocycles. The summed E-state index contributed by atoms with van der Waals surface area (Å²) < 4.78 is 40.9. The molecule has 1 aliphatic carbocycles. The number of nitrogens with one attached hydrogen (secondary N) is 4. The van der Waals surface area contributed by atoms with Gasteiger partial charge < -0.3 is 55.6 Å². The average Bonchev–Trinajstić information content (AvgIpc) is 1.83. The molecule has 26 heteroatoms. The lowest BCUT2D eigenvalue weighted by Gasteiger charge is -2.39. The van der Waals surface area contributed by atoms with Gasteiger partial charge in [-0.1, -0.05) is 111 Å². The van der Waals surface area contributed by atoms with Crippen molar-refractivity contribution in [3.8, 4) is 0 Å². The third kappa shape index (κ3) is 21.1. The normalized spacial score (nSPS) is 23.5. The summed E-state index contributed by atoms with van der Waals surface area (Å²) in [6.07, 6.45) is -3.07. The van der Waals surface area contributed by atoms with Crippen LogP contribution >= 0.6 is 11.6 Å². The van der Waals surface area contributed by atoms with Crippen molar-refractivity contribution < 1.29 is 65.9 Å². The number of alkyl halides is 3. The largest absolute Gasteiger partial charge is 0.416 e. The molecule has 4 rings (SSSR count).